The van der Waals surface area contributed by atoms with Crippen LogP contribution in [0, 0.1) is 26.6 Å². The fourth-order valence-electron chi connectivity index (χ4n) is 3.54. The molecule has 0 saturated carbocycles. The highest BCUT2D eigenvalue weighted by Gasteiger charge is 2.15. The summed E-state index contributed by atoms with van der Waals surface area (Å²) in [6.45, 7) is 5.50. The van der Waals surface area contributed by atoms with Gasteiger partial charge >= 0.3 is 0 Å². The van der Waals surface area contributed by atoms with Gasteiger partial charge in [-0.05, 0) is 57.2 Å². The molecule has 0 aliphatic rings. The predicted octanol–water partition coefficient (Wildman–Crippen LogP) is 3.34. The van der Waals surface area contributed by atoms with Gasteiger partial charge in [-0.3, -0.25) is 14.3 Å². The zero-order chi connectivity index (χ0) is 22.1. The zero-order valence-electron chi connectivity index (χ0n) is 17.3. The van der Waals surface area contributed by atoms with Gasteiger partial charge in [-0.1, -0.05) is 18.2 Å². The number of fused-ring (bicyclic) bond motifs is 1. The van der Waals surface area contributed by atoms with Crippen LogP contribution >= 0.6 is 0 Å². The van der Waals surface area contributed by atoms with Gasteiger partial charge in [0.05, 0.1) is 17.1 Å². The largest absolute Gasteiger partial charge is 0.280 e. The first-order valence-corrected chi connectivity index (χ1v) is 9.64. The average Bonchev–Trinajstić information content (AvgIpc) is 3.01. The number of rotatable bonds is 4. The monoisotopic (exact) mass is 417 g/mol. The lowest BCUT2D eigenvalue weighted by Crippen LogP contribution is -2.30. The molecule has 0 unspecified atom stereocenters. The number of halogens is 1. The molecule has 0 bridgehead atoms. The topological polar surface area (TPSA) is 81.3 Å². The van der Waals surface area contributed by atoms with Crippen LogP contribution in [-0.4, -0.2) is 26.5 Å². The van der Waals surface area contributed by atoms with Crippen LogP contribution in [0.2, 0.25) is 0 Å². The number of carbonyl (C=O) groups is 1. The van der Waals surface area contributed by atoms with Crippen LogP contribution < -0.4 is 11.0 Å². The maximum Gasteiger partial charge on any atom is 0.280 e. The molecule has 8 heteroatoms. The summed E-state index contributed by atoms with van der Waals surface area (Å²) < 4.78 is 16.6. The van der Waals surface area contributed by atoms with E-state index in [1.165, 1.54) is 29.1 Å². The fraction of sp³-hybridized carbons (Fsp3) is 0.130. The second kappa shape index (κ2) is 7.98. The molecule has 1 amide bonds. The van der Waals surface area contributed by atoms with Gasteiger partial charge in [-0.15, -0.1) is 0 Å². The number of carbonyl (C=O) groups excluding carboxylic acids is 1. The normalized spacial score (nSPS) is 11.4. The Morgan fingerprint density at radius 1 is 1.06 bits per heavy atom. The molecular weight excluding hydrogens is 397 g/mol. The first kappa shape index (κ1) is 20.2. The number of aromatic nitrogens is 3. The lowest BCUT2D eigenvalue weighted by molar-refractivity contribution is 0.0954. The summed E-state index contributed by atoms with van der Waals surface area (Å²) in [7, 11) is 0. The maximum absolute atomic E-state index is 13.3. The number of hydrogen-bond donors (Lipinski definition) is 1. The van der Waals surface area contributed by atoms with Crippen LogP contribution in [0.1, 0.15) is 33.1 Å². The molecule has 2 aromatic carbocycles. The zero-order valence-corrected chi connectivity index (χ0v) is 17.3. The van der Waals surface area contributed by atoms with E-state index in [4.69, 9.17) is 0 Å². The van der Waals surface area contributed by atoms with Crippen molar-refractivity contribution >= 4 is 23.0 Å². The smallest absolute Gasteiger partial charge is 0.267 e. The number of nitrogens with zero attached hydrogens (tertiary/aromatic N) is 4. The third kappa shape index (κ3) is 3.75. The molecule has 0 atom stereocenters. The molecule has 156 valence electrons. The minimum atomic E-state index is -0.518. The lowest BCUT2D eigenvalue weighted by atomic mass is 10.2. The van der Waals surface area contributed by atoms with Gasteiger partial charge in [0.15, 0.2) is 0 Å². The highest BCUT2D eigenvalue weighted by atomic mass is 19.1. The number of aryl methyl sites for hydroxylation is 2. The molecule has 0 aliphatic heterocycles. The van der Waals surface area contributed by atoms with Gasteiger partial charge in [-0.2, -0.15) is 9.78 Å². The van der Waals surface area contributed by atoms with Crippen molar-refractivity contribution in [1.82, 2.24) is 19.8 Å². The van der Waals surface area contributed by atoms with Crippen LogP contribution in [0.25, 0.3) is 10.9 Å². The lowest BCUT2D eigenvalue weighted by Gasteiger charge is -2.16. The molecule has 1 N–H and O–H groups in total. The van der Waals surface area contributed by atoms with Gasteiger partial charge in [0.25, 0.3) is 11.5 Å². The van der Waals surface area contributed by atoms with E-state index < -0.39 is 11.7 Å². The van der Waals surface area contributed by atoms with E-state index in [9.17, 15) is 14.0 Å². The van der Waals surface area contributed by atoms with Gasteiger partial charge in [0, 0.05) is 22.5 Å². The molecule has 31 heavy (non-hydrogen) atoms. The Kier molecular flexibility index (Phi) is 5.21. The maximum atomic E-state index is 13.3. The highest BCUT2D eigenvalue weighted by molar-refractivity contribution is 5.95. The third-order valence-corrected chi connectivity index (χ3v) is 5.01. The van der Waals surface area contributed by atoms with E-state index in [1.807, 2.05) is 32.0 Å². The molecule has 0 radical (unpaired) electrons. The molecular formula is C23H20FN5O2. The Bertz CT molecular complexity index is 1400. The second-order valence-corrected chi connectivity index (χ2v) is 7.14. The summed E-state index contributed by atoms with van der Waals surface area (Å²) in [5, 5.41) is 4.51. The minimum absolute atomic E-state index is 0.173. The van der Waals surface area contributed by atoms with Crippen LogP contribution in [-0.2, 0) is 0 Å². The van der Waals surface area contributed by atoms with Crippen molar-refractivity contribution in [3.05, 3.63) is 99.1 Å². The summed E-state index contributed by atoms with van der Waals surface area (Å²) in [5.41, 5.74) is 5.31. The Balaban J connectivity index is 1.67. The molecule has 2 aromatic heterocycles. The number of hydrogen-bond acceptors (Lipinski definition) is 4. The Hall–Kier alpha value is -4.07. The number of para-hydroxylation sites is 1. The van der Waals surface area contributed by atoms with Crippen LogP contribution in [0.5, 0.6) is 0 Å². The Morgan fingerprint density at radius 2 is 1.84 bits per heavy atom. The second-order valence-electron chi connectivity index (χ2n) is 7.14. The number of benzene rings is 2. The number of nitrogens with one attached hydrogen (secondary N) is 1. The molecule has 0 spiro atoms. The predicted molar refractivity (Wildman–Crippen MR) is 117 cm³/mol. The molecule has 7 nitrogen and oxygen atoms in total. The van der Waals surface area contributed by atoms with Crippen molar-refractivity contribution in [1.29, 1.82) is 0 Å². The van der Waals surface area contributed by atoms with Gasteiger partial charge < -0.3 is 0 Å². The molecule has 2 heterocycles. The van der Waals surface area contributed by atoms with E-state index in [2.05, 4.69) is 15.5 Å². The summed E-state index contributed by atoms with van der Waals surface area (Å²) in [6, 6.07) is 14.4. The number of amides is 1. The van der Waals surface area contributed by atoms with Crippen molar-refractivity contribution in [2.75, 3.05) is 0 Å². The fourth-order valence-corrected chi connectivity index (χ4v) is 3.54. The molecule has 4 aromatic rings. The van der Waals surface area contributed by atoms with Gasteiger partial charge in [0.2, 0.25) is 0 Å². The first-order chi connectivity index (χ1) is 14.9. The molecule has 0 fully saturated rings. The van der Waals surface area contributed by atoms with E-state index in [0.717, 1.165) is 23.0 Å². The SMILES string of the molecule is Cc1cc(C=NNC(=O)c2cccc(F)c2)c(C)n1-n1c(C)nc2ccccc2c1=O. The Morgan fingerprint density at radius 3 is 2.61 bits per heavy atom. The van der Waals surface area contributed by atoms with E-state index >= 15 is 0 Å². The van der Waals surface area contributed by atoms with E-state index in [0.29, 0.717) is 16.7 Å². The Labute approximate surface area is 177 Å². The van der Waals surface area contributed by atoms with Crippen molar-refractivity contribution in [2.45, 2.75) is 20.8 Å². The first-order valence-electron chi connectivity index (χ1n) is 9.64. The summed E-state index contributed by atoms with van der Waals surface area (Å²) in [5.74, 6) is -0.464. The standard InChI is InChI=1S/C23H20FN5O2/c1-14-11-18(13-25-27-22(30)17-7-6-8-19(24)12-17)15(2)28(14)29-16(3)26-21-10-5-4-9-20(21)23(29)31/h4-13H,1-3H3,(H,27,30). The summed E-state index contributed by atoms with van der Waals surface area (Å²) in [6.07, 6.45) is 1.49. The van der Waals surface area contributed by atoms with E-state index in [-0.39, 0.29) is 11.1 Å². The summed E-state index contributed by atoms with van der Waals surface area (Å²) >= 11 is 0. The van der Waals surface area contributed by atoms with E-state index in [1.54, 1.807) is 23.7 Å². The minimum Gasteiger partial charge on any atom is -0.267 e. The third-order valence-electron chi connectivity index (χ3n) is 5.01. The number of hydrazone groups is 1. The van der Waals surface area contributed by atoms with Gasteiger partial charge in [-0.25, -0.2) is 14.8 Å². The summed E-state index contributed by atoms with van der Waals surface area (Å²) in [4.78, 5) is 29.8. The molecule has 0 saturated heterocycles. The highest BCUT2D eigenvalue weighted by Crippen LogP contribution is 2.15. The van der Waals surface area contributed by atoms with Gasteiger partial charge in [0.1, 0.15) is 11.6 Å². The van der Waals surface area contributed by atoms with Crippen molar-refractivity contribution < 1.29 is 9.18 Å². The quantitative estimate of drug-likeness (QED) is 0.408. The van der Waals surface area contributed by atoms with Crippen LogP contribution in [0.4, 0.5) is 4.39 Å². The van der Waals surface area contributed by atoms with Crippen molar-refractivity contribution in [3.63, 3.8) is 0 Å². The average molecular weight is 417 g/mol. The van der Waals surface area contributed by atoms with Crippen molar-refractivity contribution in [3.8, 4) is 0 Å². The van der Waals surface area contributed by atoms with Crippen molar-refractivity contribution in [2.24, 2.45) is 5.10 Å². The molecule has 0 aliphatic carbocycles. The molecule has 4 rings (SSSR count). The van der Waals surface area contributed by atoms with Crippen LogP contribution in [0.3, 0.4) is 0 Å². The van der Waals surface area contributed by atoms with Crippen LogP contribution in [0.15, 0.2) is 64.5 Å².